The molecule has 2 aliphatic heterocycles. The molecule has 0 radical (unpaired) electrons. The van der Waals surface area contributed by atoms with E-state index < -0.39 is 11.9 Å². The van der Waals surface area contributed by atoms with Gasteiger partial charge in [-0.3, -0.25) is 0 Å². The molecule has 13 heteroatoms. The Bertz CT molecular complexity index is 3260. The molecule has 5 heterocycles. The Morgan fingerprint density at radius 3 is 1.55 bits per heavy atom. The highest BCUT2D eigenvalue weighted by Crippen LogP contribution is 2.38. The van der Waals surface area contributed by atoms with Crippen molar-refractivity contribution in [3.05, 3.63) is 120 Å². The minimum absolute atomic E-state index is 0.0546. The average molecular weight is 766 g/mol. The van der Waals surface area contributed by atoms with Crippen molar-refractivity contribution in [2.45, 2.75) is 26.2 Å². The number of aromatic nitrogens is 8. The summed E-state index contributed by atoms with van der Waals surface area (Å²) in [6, 6.07) is 31.2. The quantitative estimate of drug-likeness (QED) is 0.126. The Labute approximate surface area is 329 Å². The molecule has 0 saturated carbocycles. The maximum absolute atomic E-state index is 11.8. The fraction of sp³-hybridized carbons (Fsp3) is 0.111. The molecule has 0 spiro atoms. The van der Waals surface area contributed by atoms with Crippen molar-refractivity contribution in [2.24, 2.45) is 7.05 Å². The summed E-state index contributed by atoms with van der Waals surface area (Å²) < 4.78 is 8.09. The van der Waals surface area contributed by atoms with Gasteiger partial charge in [-0.2, -0.15) is 0 Å². The van der Waals surface area contributed by atoms with E-state index >= 15 is 0 Å². The molecule has 0 fully saturated rings. The number of rotatable bonds is 4. The summed E-state index contributed by atoms with van der Waals surface area (Å²) in [6.07, 6.45) is 0. The van der Waals surface area contributed by atoms with E-state index in [1.165, 1.54) is 12.1 Å². The lowest BCUT2D eigenvalue weighted by molar-refractivity contribution is -0.650. The number of H-pyrrole nitrogens is 2. The molecule has 10 rings (SSSR count). The summed E-state index contributed by atoms with van der Waals surface area (Å²) in [4.78, 5) is 56.4. The van der Waals surface area contributed by atoms with E-state index in [0.29, 0.717) is 62.4 Å². The third-order valence-electron chi connectivity index (χ3n) is 10.5. The van der Waals surface area contributed by atoms with E-state index in [9.17, 15) is 19.8 Å². The van der Waals surface area contributed by atoms with Crippen LogP contribution in [0.2, 0.25) is 0 Å². The molecular weight excluding hydrogens is 733 g/mol. The number of carbonyl (C=O) groups is 2. The summed E-state index contributed by atoms with van der Waals surface area (Å²) in [5.41, 5.74) is 6.28. The Balaban J connectivity index is 1.30. The molecule has 8 bridgehead atoms. The summed E-state index contributed by atoms with van der Waals surface area (Å²) in [5, 5.41) is 22.5. The Morgan fingerprint density at radius 2 is 1.03 bits per heavy atom. The van der Waals surface area contributed by atoms with Crippen molar-refractivity contribution < 1.29 is 29.1 Å². The Morgan fingerprint density at radius 1 is 0.552 bits per heavy atom. The number of aromatic carboxylic acids is 2. The van der Waals surface area contributed by atoms with Gasteiger partial charge >= 0.3 is 11.9 Å². The van der Waals surface area contributed by atoms with Crippen molar-refractivity contribution in [3.8, 4) is 57.1 Å². The van der Waals surface area contributed by atoms with Gasteiger partial charge in [0.1, 0.15) is 22.8 Å². The molecule has 0 saturated heterocycles. The first kappa shape index (κ1) is 34.7. The maximum atomic E-state index is 11.8. The van der Waals surface area contributed by atoms with Crippen LogP contribution in [0.25, 0.3) is 89.7 Å². The number of carboxylic acid groups (broad SMARTS) is 2. The molecule has 0 amide bonds. The lowest BCUT2D eigenvalue weighted by Crippen LogP contribution is -2.30. The zero-order valence-electron chi connectivity index (χ0n) is 31.6. The summed E-state index contributed by atoms with van der Waals surface area (Å²) in [6.45, 7) is 6.56. The molecule has 0 unspecified atom stereocenters. The molecule has 58 heavy (non-hydrogen) atoms. The monoisotopic (exact) mass is 765 g/mol. The van der Waals surface area contributed by atoms with Crippen molar-refractivity contribution in [2.75, 3.05) is 0 Å². The predicted octanol–water partition coefficient (Wildman–Crippen LogP) is 8.78. The van der Waals surface area contributed by atoms with Gasteiger partial charge in [-0.15, -0.1) is 0 Å². The second-order valence-electron chi connectivity index (χ2n) is 15.3. The van der Waals surface area contributed by atoms with Gasteiger partial charge in [0.25, 0.3) is 11.6 Å². The summed E-state index contributed by atoms with van der Waals surface area (Å²) in [5.74, 6) is 0.122. The minimum Gasteiger partial charge on any atom is -0.478 e. The zero-order valence-corrected chi connectivity index (χ0v) is 31.6. The number of hydrogen-bond acceptors (Lipinski definition) is 8. The second kappa shape index (κ2) is 12.6. The highest BCUT2D eigenvalue weighted by atomic mass is 16.5. The van der Waals surface area contributed by atoms with Gasteiger partial charge in [0.05, 0.1) is 29.3 Å². The first-order chi connectivity index (χ1) is 27.9. The van der Waals surface area contributed by atoms with Crippen LogP contribution in [0.5, 0.6) is 11.5 Å². The van der Waals surface area contributed by atoms with E-state index in [2.05, 4.69) is 48.9 Å². The number of aromatic amines is 2. The first-order valence-electron chi connectivity index (χ1n) is 18.5. The van der Waals surface area contributed by atoms with Crippen LogP contribution >= 0.6 is 0 Å². The number of nitrogens with one attached hydrogen (secondary N) is 2. The predicted molar refractivity (Wildman–Crippen MR) is 219 cm³/mol. The van der Waals surface area contributed by atoms with Gasteiger partial charge in [-0.1, -0.05) is 79.3 Å². The van der Waals surface area contributed by atoms with Gasteiger partial charge in [0.15, 0.2) is 11.6 Å². The number of ether oxygens (including phenoxy) is 1. The summed E-state index contributed by atoms with van der Waals surface area (Å²) >= 11 is 0. The number of hydrogen-bond donors (Lipinski definition) is 4. The highest BCUT2D eigenvalue weighted by Gasteiger charge is 2.29. The van der Waals surface area contributed by atoms with Crippen LogP contribution < -0.4 is 9.30 Å². The van der Waals surface area contributed by atoms with E-state index in [1.54, 1.807) is 12.1 Å². The standard InChI is InChI=1S/C45H32N8O5/c1-45(2,3)24-13-15-29-33(20-24)39-49-37(29)47-35-27-9-5-6-10-28(27)36(46-35)48-38-30-16-14-25(58-26-18-22(43(54)55)17-23(19-26)44(56)57)21-34(30)40(50-38)52-42-32-12-8-7-11-31(32)41(51-39)53(42)4/h5-21H,1-4H3,(H3,46,47,48,49,50,51,52,54,55,56,57)/p+1. The van der Waals surface area contributed by atoms with E-state index in [1.807, 2.05) is 66.2 Å². The number of carboxylic acids is 2. The molecule has 3 aromatic heterocycles. The SMILES string of the molecule is C[n+]1c2nc3[nH]c(nc4nc(nc5[nH]c(nc1-c1ccccc1-2)c1cc(C(C)(C)C)ccc51)-c1ccccc1-4)c1ccc(Oc2cc(C(=O)O)cc(C(=O)O)c2)cc31. The van der Waals surface area contributed by atoms with Crippen LogP contribution in [-0.2, 0) is 12.5 Å². The maximum Gasteiger partial charge on any atom is 0.335 e. The number of fused-ring (bicyclic) bond motifs is 20. The lowest BCUT2D eigenvalue weighted by Gasteiger charge is -2.18. The van der Waals surface area contributed by atoms with Crippen molar-refractivity contribution in [1.82, 2.24) is 34.9 Å². The van der Waals surface area contributed by atoms with Gasteiger partial charge in [0.2, 0.25) is 11.3 Å². The highest BCUT2D eigenvalue weighted by molar-refractivity contribution is 6.07. The first-order valence-corrected chi connectivity index (χ1v) is 18.5. The molecule has 0 atom stereocenters. The molecule has 2 aliphatic rings. The van der Waals surface area contributed by atoms with Gasteiger partial charge in [-0.25, -0.2) is 29.1 Å². The van der Waals surface area contributed by atoms with E-state index in [4.69, 9.17) is 29.7 Å². The lowest BCUT2D eigenvalue weighted by atomic mass is 9.86. The number of benzene rings is 5. The van der Waals surface area contributed by atoms with E-state index in [-0.39, 0.29) is 22.3 Å². The second-order valence-corrected chi connectivity index (χ2v) is 15.3. The van der Waals surface area contributed by atoms with Crippen molar-refractivity contribution in [1.29, 1.82) is 0 Å². The third kappa shape index (κ3) is 5.62. The van der Waals surface area contributed by atoms with Crippen LogP contribution in [0.1, 0.15) is 47.1 Å². The molecule has 4 N–H and O–H groups in total. The molecule has 13 nitrogen and oxygen atoms in total. The van der Waals surface area contributed by atoms with Gasteiger partial charge in [-0.05, 0) is 65.6 Å². The third-order valence-corrected chi connectivity index (χ3v) is 10.5. The fourth-order valence-electron chi connectivity index (χ4n) is 7.58. The van der Waals surface area contributed by atoms with Gasteiger partial charge in [0, 0.05) is 32.7 Å². The Hall–Kier alpha value is -7.80. The van der Waals surface area contributed by atoms with Crippen LogP contribution in [-0.4, -0.2) is 57.0 Å². The average Bonchev–Trinajstić information content (AvgIpc) is 3.91. The van der Waals surface area contributed by atoms with E-state index in [0.717, 1.165) is 44.7 Å². The largest absolute Gasteiger partial charge is 0.478 e. The van der Waals surface area contributed by atoms with Crippen LogP contribution in [0, 0.1) is 0 Å². The molecule has 5 aromatic carbocycles. The fourth-order valence-corrected chi connectivity index (χ4v) is 7.58. The van der Waals surface area contributed by atoms with Crippen LogP contribution in [0.15, 0.2) is 103 Å². The molecule has 0 aliphatic carbocycles. The molecule has 282 valence electrons. The van der Waals surface area contributed by atoms with Crippen LogP contribution in [0.4, 0.5) is 0 Å². The summed E-state index contributed by atoms with van der Waals surface area (Å²) in [7, 11) is 1.93. The zero-order chi connectivity index (χ0) is 40.0. The van der Waals surface area contributed by atoms with Crippen molar-refractivity contribution in [3.63, 3.8) is 0 Å². The van der Waals surface area contributed by atoms with Crippen LogP contribution in [0.3, 0.4) is 0 Å². The Kier molecular flexibility index (Phi) is 7.54. The molecular formula is C45H33N8O5+. The molecule has 8 aromatic rings. The van der Waals surface area contributed by atoms with Crippen molar-refractivity contribution >= 4 is 56.1 Å². The van der Waals surface area contributed by atoms with Gasteiger partial charge < -0.3 is 24.9 Å². The number of nitrogens with zero attached hydrogens (tertiary/aromatic N) is 6. The minimum atomic E-state index is -1.28. The topological polar surface area (TPSA) is 184 Å². The normalized spacial score (nSPS) is 12.1. The smallest absolute Gasteiger partial charge is 0.335 e.